The van der Waals surface area contributed by atoms with E-state index in [4.69, 9.17) is 0 Å². The summed E-state index contributed by atoms with van der Waals surface area (Å²) in [7, 11) is 3.86. The summed E-state index contributed by atoms with van der Waals surface area (Å²) in [5.41, 5.74) is 3.83. The topological polar surface area (TPSA) is 51.9 Å². The van der Waals surface area contributed by atoms with Crippen LogP contribution in [0.4, 0.5) is 0 Å². The van der Waals surface area contributed by atoms with E-state index in [-0.39, 0.29) is 11.9 Å². The number of nitrogens with one attached hydrogen (secondary N) is 1. The maximum Gasteiger partial charge on any atom is 0.253 e. The zero-order valence-electron chi connectivity index (χ0n) is 12.8. The fourth-order valence-electron chi connectivity index (χ4n) is 2.43. The van der Waals surface area contributed by atoms with E-state index < -0.39 is 0 Å². The fourth-order valence-corrected chi connectivity index (χ4v) is 2.43. The minimum Gasteiger partial charge on any atom is -0.351 e. The Hall–Kier alpha value is -2.04. The lowest BCUT2D eigenvalue weighted by atomic mass is 10.1. The molecule has 2 aromatic rings. The van der Waals surface area contributed by atoms with Gasteiger partial charge in [0.05, 0.1) is 17.3 Å². The van der Waals surface area contributed by atoms with E-state index in [2.05, 4.69) is 17.3 Å². The van der Waals surface area contributed by atoms with Gasteiger partial charge >= 0.3 is 0 Å². The van der Waals surface area contributed by atoms with Crippen molar-refractivity contribution in [3.05, 3.63) is 41.0 Å². The summed E-state index contributed by atoms with van der Waals surface area (Å²) >= 11 is 0. The second kappa shape index (κ2) is 5.53. The number of hydrogen-bond acceptors (Lipinski definition) is 2. The molecule has 1 atom stereocenters. The van der Waals surface area contributed by atoms with E-state index in [1.807, 2.05) is 44.6 Å². The Balaban J connectivity index is 2.22. The van der Waals surface area contributed by atoms with Gasteiger partial charge in [-0.15, -0.1) is 0 Å². The third-order valence-electron chi connectivity index (χ3n) is 3.95. The van der Waals surface area contributed by atoms with Crippen LogP contribution in [0.1, 0.15) is 46.8 Å². The van der Waals surface area contributed by atoms with Gasteiger partial charge in [-0.25, -0.2) is 0 Å². The van der Waals surface area contributed by atoms with E-state index in [1.165, 1.54) is 0 Å². The molecule has 0 fully saturated rings. The van der Waals surface area contributed by atoms with Crippen molar-refractivity contribution in [2.24, 2.45) is 14.1 Å². The van der Waals surface area contributed by atoms with Crippen LogP contribution in [0.3, 0.4) is 0 Å². The normalized spacial score (nSPS) is 12.4. The number of nitrogens with zero attached hydrogens (tertiary/aromatic N) is 3. The molecule has 1 N–H and O–H groups in total. The van der Waals surface area contributed by atoms with Gasteiger partial charge in [0.1, 0.15) is 0 Å². The smallest absolute Gasteiger partial charge is 0.253 e. The summed E-state index contributed by atoms with van der Waals surface area (Å²) in [6, 6.07) is 3.85. The molecule has 20 heavy (non-hydrogen) atoms. The van der Waals surface area contributed by atoms with Crippen LogP contribution in [-0.2, 0) is 14.1 Å². The Kier molecular flexibility index (Phi) is 3.97. The van der Waals surface area contributed by atoms with Gasteiger partial charge in [-0.1, -0.05) is 6.92 Å². The Morgan fingerprint density at radius 2 is 2.10 bits per heavy atom. The molecular formula is C15H22N4O. The predicted molar refractivity (Wildman–Crippen MR) is 78.6 cm³/mol. The summed E-state index contributed by atoms with van der Waals surface area (Å²) in [4.78, 5) is 12.5. The number of amides is 1. The van der Waals surface area contributed by atoms with E-state index in [9.17, 15) is 4.79 Å². The minimum atomic E-state index is -0.0285. The number of hydrogen-bond donors (Lipinski definition) is 1. The van der Waals surface area contributed by atoms with Crippen molar-refractivity contribution in [1.29, 1.82) is 0 Å². The van der Waals surface area contributed by atoms with Crippen molar-refractivity contribution >= 4 is 5.91 Å². The molecule has 2 rings (SSSR count). The molecule has 0 spiro atoms. The minimum absolute atomic E-state index is 0.0186. The number of carbonyl (C=O) groups excluding carboxylic acids is 1. The maximum absolute atomic E-state index is 12.5. The summed E-state index contributed by atoms with van der Waals surface area (Å²) in [6.07, 6.45) is 2.58. The van der Waals surface area contributed by atoms with Crippen molar-refractivity contribution in [2.45, 2.75) is 33.2 Å². The summed E-state index contributed by atoms with van der Waals surface area (Å²) < 4.78 is 3.83. The molecule has 0 aromatic carbocycles. The maximum atomic E-state index is 12.5. The molecule has 5 nitrogen and oxygen atoms in total. The number of rotatable bonds is 4. The van der Waals surface area contributed by atoms with Gasteiger partial charge in [0, 0.05) is 31.7 Å². The molecule has 5 heteroatoms. The second-order valence-electron chi connectivity index (χ2n) is 5.16. The van der Waals surface area contributed by atoms with E-state index in [0.29, 0.717) is 0 Å². The lowest BCUT2D eigenvalue weighted by Crippen LogP contribution is -2.29. The first kappa shape index (κ1) is 14.4. The highest BCUT2D eigenvalue weighted by molar-refractivity contribution is 5.95. The molecular weight excluding hydrogens is 252 g/mol. The average molecular weight is 274 g/mol. The first-order valence-corrected chi connectivity index (χ1v) is 6.87. The highest BCUT2D eigenvalue weighted by Crippen LogP contribution is 2.18. The lowest BCUT2D eigenvalue weighted by molar-refractivity contribution is 0.0933. The molecule has 1 amide bonds. The van der Waals surface area contributed by atoms with Gasteiger partial charge in [-0.2, -0.15) is 5.10 Å². The van der Waals surface area contributed by atoms with Crippen molar-refractivity contribution in [2.75, 3.05) is 0 Å². The van der Waals surface area contributed by atoms with Gasteiger partial charge in [0.15, 0.2) is 0 Å². The Labute approximate surface area is 119 Å². The van der Waals surface area contributed by atoms with E-state index in [1.54, 1.807) is 10.9 Å². The highest BCUT2D eigenvalue weighted by atomic mass is 16.1. The largest absolute Gasteiger partial charge is 0.351 e. The number of carbonyl (C=O) groups is 1. The fraction of sp³-hybridized carbons (Fsp3) is 0.467. The number of aryl methyl sites for hydroxylation is 2. The van der Waals surface area contributed by atoms with Crippen LogP contribution in [0.15, 0.2) is 18.3 Å². The molecule has 0 aliphatic heterocycles. The van der Waals surface area contributed by atoms with Crippen LogP contribution in [0.2, 0.25) is 0 Å². The quantitative estimate of drug-likeness (QED) is 0.929. The zero-order chi connectivity index (χ0) is 14.9. The van der Waals surface area contributed by atoms with Crippen molar-refractivity contribution in [3.63, 3.8) is 0 Å². The van der Waals surface area contributed by atoms with Gasteiger partial charge in [0.25, 0.3) is 5.91 Å². The molecule has 2 aromatic heterocycles. The van der Waals surface area contributed by atoms with E-state index >= 15 is 0 Å². The number of aromatic nitrogens is 3. The molecule has 2 heterocycles. The lowest BCUT2D eigenvalue weighted by Gasteiger charge is -2.17. The van der Waals surface area contributed by atoms with Crippen LogP contribution in [0, 0.1) is 13.8 Å². The van der Waals surface area contributed by atoms with Gasteiger partial charge < -0.3 is 9.88 Å². The first-order valence-electron chi connectivity index (χ1n) is 6.87. The highest BCUT2D eigenvalue weighted by Gasteiger charge is 2.19. The van der Waals surface area contributed by atoms with Gasteiger partial charge in [0.2, 0.25) is 0 Å². The molecule has 1 unspecified atom stereocenters. The van der Waals surface area contributed by atoms with Gasteiger partial charge in [-0.3, -0.25) is 9.48 Å². The van der Waals surface area contributed by atoms with Crippen LogP contribution in [0.5, 0.6) is 0 Å². The second-order valence-corrected chi connectivity index (χ2v) is 5.16. The Bertz CT molecular complexity index is 624. The summed E-state index contributed by atoms with van der Waals surface area (Å²) in [6.45, 7) is 6.02. The molecule has 0 bridgehead atoms. The Morgan fingerprint density at radius 3 is 2.55 bits per heavy atom. The molecule has 108 valence electrons. The van der Waals surface area contributed by atoms with Crippen LogP contribution in [0.25, 0.3) is 0 Å². The molecule has 0 saturated heterocycles. The third-order valence-corrected chi connectivity index (χ3v) is 3.95. The molecule has 0 aliphatic rings. The summed E-state index contributed by atoms with van der Waals surface area (Å²) in [5, 5.41) is 7.26. The molecule has 0 radical (unpaired) electrons. The van der Waals surface area contributed by atoms with Crippen molar-refractivity contribution in [3.8, 4) is 0 Å². The van der Waals surface area contributed by atoms with Crippen molar-refractivity contribution < 1.29 is 4.79 Å². The predicted octanol–water partition coefficient (Wildman–Crippen LogP) is 2.26. The SMILES string of the molecule is CCC(NC(=O)c1cc(C)n(C)c1C)c1ccnn1C. The first-order chi connectivity index (χ1) is 9.45. The molecule has 0 saturated carbocycles. The van der Waals surface area contributed by atoms with Crippen LogP contribution in [-0.4, -0.2) is 20.3 Å². The van der Waals surface area contributed by atoms with Crippen LogP contribution >= 0.6 is 0 Å². The Morgan fingerprint density at radius 1 is 1.40 bits per heavy atom. The van der Waals surface area contributed by atoms with Crippen molar-refractivity contribution in [1.82, 2.24) is 19.7 Å². The monoisotopic (exact) mass is 274 g/mol. The zero-order valence-corrected chi connectivity index (χ0v) is 12.8. The van der Waals surface area contributed by atoms with Crippen LogP contribution < -0.4 is 5.32 Å². The van der Waals surface area contributed by atoms with E-state index in [0.717, 1.165) is 29.1 Å². The molecule has 0 aliphatic carbocycles. The summed E-state index contributed by atoms with van der Waals surface area (Å²) in [5.74, 6) is -0.0285. The standard InChI is InChI=1S/C15H22N4O/c1-6-13(14-7-8-16-19(14)5)17-15(20)12-9-10(2)18(4)11(12)3/h7-9,13H,6H2,1-5H3,(H,17,20). The third kappa shape index (κ3) is 2.48. The average Bonchev–Trinajstić information content (AvgIpc) is 2.95. The van der Waals surface area contributed by atoms with Gasteiger partial charge in [-0.05, 0) is 32.4 Å².